The number of aliphatic hydroxyl groups is 1. The highest BCUT2D eigenvalue weighted by Gasteiger charge is 2.53. The van der Waals surface area contributed by atoms with Crippen molar-refractivity contribution in [3.63, 3.8) is 0 Å². The average Bonchev–Trinajstić information content (AvgIpc) is 1.54. The van der Waals surface area contributed by atoms with E-state index in [2.05, 4.69) is 47.6 Å². The van der Waals surface area contributed by atoms with Crippen LogP contribution in [0.3, 0.4) is 0 Å². The summed E-state index contributed by atoms with van der Waals surface area (Å²) in [5, 5.41) is 22.2. The van der Waals surface area contributed by atoms with Gasteiger partial charge >= 0.3 is 17.9 Å². The van der Waals surface area contributed by atoms with Gasteiger partial charge in [0.1, 0.15) is 37.9 Å². The van der Waals surface area contributed by atoms with Crippen molar-refractivity contribution in [2.24, 2.45) is 23.7 Å². The van der Waals surface area contributed by atoms with E-state index < -0.39 is 95.6 Å². The van der Waals surface area contributed by atoms with Gasteiger partial charge in [0.05, 0.1) is 77.3 Å². The number of nitrogens with zero attached hydrogens (tertiary/aromatic N) is 4. The number of fused-ring (bicyclic) bond motifs is 4. The maximum absolute atomic E-state index is 16.4. The first kappa shape index (κ1) is 71.6. The van der Waals surface area contributed by atoms with Gasteiger partial charge in [0.25, 0.3) is 23.6 Å². The quantitative estimate of drug-likeness (QED) is 0.0160. The molecule has 5 atom stereocenters. The third-order valence-electron chi connectivity index (χ3n) is 15.8. The highest BCUT2D eigenvalue weighted by molar-refractivity contribution is 6.53. The number of nitrogens with one attached hydrogen (secondary N) is 4. The molecule has 500 valence electrons. The van der Waals surface area contributed by atoms with E-state index in [1.165, 1.54) is 31.7 Å². The summed E-state index contributed by atoms with van der Waals surface area (Å²) in [4.78, 5) is 162. The zero-order valence-electron chi connectivity index (χ0n) is 54.5. The molecule has 0 radical (unpaired) electrons. The van der Waals surface area contributed by atoms with Crippen LogP contribution < -0.4 is 40.9 Å². The Morgan fingerprint density at radius 1 is 0.415 bits per heavy atom. The van der Waals surface area contributed by atoms with Gasteiger partial charge in [0.15, 0.2) is 6.29 Å². The van der Waals surface area contributed by atoms with Gasteiger partial charge in [0, 0.05) is 28.8 Å². The van der Waals surface area contributed by atoms with Crippen LogP contribution in [0.25, 0.3) is 22.3 Å². The van der Waals surface area contributed by atoms with Crippen LogP contribution in [0.15, 0.2) is 111 Å². The minimum absolute atomic E-state index is 0.00122. The van der Waals surface area contributed by atoms with Gasteiger partial charge in [-0.1, -0.05) is 118 Å². The summed E-state index contributed by atoms with van der Waals surface area (Å²) in [5.41, 5.74) is 0.0668. The number of ether oxygens (including phenoxy) is 4. The largest absolute Gasteiger partial charge is 0.462 e. The van der Waals surface area contributed by atoms with Crippen molar-refractivity contribution in [2.45, 2.75) is 112 Å². The van der Waals surface area contributed by atoms with Crippen molar-refractivity contribution >= 4 is 110 Å². The van der Waals surface area contributed by atoms with Crippen molar-refractivity contribution in [1.82, 2.24) is 21.3 Å². The predicted molar refractivity (Wildman–Crippen MR) is 354 cm³/mol. The molecule has 3 aromatic rings. The molecule has 0 aromatic heterocycles. The van der Waals surface area contributed by atoms with E-state index in [0.29, 0.717) is 0 Å². The summed E-state index contributed by atoms with van der Waals surface area (Å²) in [5.74, 6) is -9.01. The number of benzene rings is 3. The molecule has 0 saturated heterocycles. The van der Waals surface area contributed by atoms with Crippen LogP contribution >= 0.6 is 0 Å². The second kappa shape index (κ2) is 32.2. The SMILES string of the molecule is C=CC(=O)NCCOC(=O)C(CC(C)C)N1C(=O)/C(=C2/C(=O)N(C(CC(C)C)C(=O)OCCNC(=O)C=C)c3cc4c(cc32)N(C(CC(C)C)C(=O)OCCNC(=O)C=C)C(=O)/C4=C2/C(=O)N(C(CC(C)C)C(O)OCCNC(=O)C=C)c3ccccc32)c2ccccc21. The summed E-state index contributed by atoms with van der Waals surface area (Å²) < 4.78 is 23.3. The van der Waals surface area contributed by atoms with Gasteiger partial charge in [-0.05, 0) is 97.9 Å². The molecule has 0 bridgehead atoms. The summed E-state index contributed by atoms with van der Waals surface area (Å²) in [6.45, 7) is 27.1. The second-order valence-electron chi connectivity index (χ2n) is 24.5. The van der Waals surface area contributed by atoms with E-state index in [4.69, 9.17) is 18.9 Å². The molecule has 24 heteroatoms. The fourth-order valence-electron chi connectivity index (χ4n) is 11.9. The van der Waals surface area contributed by atoms with Gasteiger partial charge in [-0.25, -0.2) is 14.4 Å². The molecule has 7 rings (SSSR count). The highest BCUT2D eigenvalue weighted by atomic mass is 16.6. The van der Waals surface area contributed by atoms with Crippen LogP contribution in [0.4, 0.5) is 22.7 Å². The molecule has 0 aliphatic carbocycles. The zero-order valence-corrected chi connectivity index (χ0v) is 54.5. The molecule has 94 heavy (non-hydrogen) atoms. The average molecular weight is 1290 g/mol. The molecule has 0 fully saturated rings. The van der Waals surface area contributed by atoms with Crippen molar-refractivity contribution in [2.75, 3.05) is 72.2 Å². The Labute approximate surface area is 547 Å². The van der Waals surface area contributed by atoms with E-state index in [9.17, 15) is 38.7 Å². The molecule has 24 nitrogen and oxygen atoms in total. The fourth-order valence-corrected chi connectivity index (χ4v) is 11.9. The Morgan fingerprint density at radius 2 is 0.702 bits per heavy atom. The maximum Gasteiger partial charge on any atom is 0.329 e. The smallest absolute Gasteiger partial charge is 0.329 e. The first-order chi connectivity index (χ1) is 44.8. The monoisotopic (exact) mass is 1290 g/mol. The highest BCUT2D eigenvalue weighted by Crippen LogP contribution is 2.55. The Kier molecular flexibility index (Phi) is 24.5. The predicted octanol–water partition coefficient (Wildman–Crippen LogP) is 5.73. The number of rotatable bonds is 33. The van der Waals surface area contributed by atoms with E-state index >= 15 is 19.2 Å². The number of para-hydroxylation sites is 2. The number of hydrogen-bond acceptors (Lipinski definition) is 16. The molecule has 0 spiro atoms. The lowest BCUT2D eigenvalue weighted by Gasteiger charge is -2.33. The lowest BCUT2D eigenvalue weighted by atomic mass is 9.92. The second-order valence-corrected chi connectivity index (χ2v) is 24.5. The maximum atomic E-state index is 16.4. The van der Waals surface area contributed by atoms with Crippen LogP contribution in [-0.4, -0.2) is 153 Å². The molecule has 4 heterocycles. The molecule has 5 N–H and O–H groups in total. The van der Waals surface area contributed by atoms with Gasteiger partial charge in [-0.15, -0.1) is 0 Å². The number of carbonyl (C=O) groups excluding carboxylic acids is 11. The van der Waals surface area contributed by atoms with Crippen LogP contribution in [-0.2, 0) is 71.7 Å². The normalized spacial score (nSPS) is 17.1. The van der Waals surface area contributed by atoms with Crippen LogP contribution in [0.2, 0.25) is 0 Å². The number of anilines is 4. The van der Waals surface area contributed by atoms with Gasteiger partial charge < -0.3 is 45.3 Å². The lowest BCUT2D eigenvalue weighted by Crippen LogP contribution is -2.48. The molecule has 3 aromatic carbocycles. The van der Waals surface area contributed by atoms with E-state index in [1.807, 2.05) is 55.4 Å². The summed E-state index contributed by atoms with van der Waals surface area (Å²) >= 11 is 0. The minimum Gasteiger partial charge on any atom is -0.462 e. The molecule has 4 aliphatic rings. The minimum atomic E-state index is -1.65. The third-order valence-corrected chi connectivity index (χ3v) is 15.8. The number of aliphatic hydroxyl groups excluding tert-OH is 1. The Hall–Kier alpha value is -9.81. The van der Waals surface area contributed by atoms with Crippen molar-refractivity contribution in [3.8, 4) is 0 Å². The van der Waals surface area contributed by atoms with Crippen molar-refractivity contribution in [1.29, 1.82) is 0 Å². The number of carbonyl (C=O) groups is 11. The number of hydrogen-bond donors (Lipinski definition) is 5. The molecular weight excluding hydrogens is 1210 g/mol. The van der Waals surface area contributed by atoms with Crippen LogP contribution in [0.1, 0.15) is 103 Å². The molecule has 8 amide bonds. The summed E-state index contributed by atoms with van der Waals surface area (Å²) in [7, 11) is 0. The van der Waals surface area contributed by atoms with E-state index in [-0.39, 0.29) is 169 Å². The van der Waals surface area contributed by atoms with Gasteiger partial charge in [0.2, 0.25) is 23.6 Å². The van der Waals surface area contributed by atoms with E-state index in [1.54, 1.807) is 48.5 Å². The Balaban J connectivity index is 1.55. The zero-order chi connectivity index (χ0) is 68.8. The number of amides is 8. The topological polar surface area (TPSA) is 306 Å². The van der Waals surface area contributed by atoms with Gasteiger partial charge in [-0.2, -0.15) is 0 Å². The van der Waals surface area contributed by atoms with Crippen LogP contribution in [0.5, 0.6) is 0 Å². The molecule has 4 aliphatic heterocycles. The fraction of sp³-hybridized carbons (Fsp3) is 0.414. The first-order valence-corrected chi connectivity index (χ1v) is 31.4. The van der Waals surface area contributed by atoms with Crippen LogP contribution in [0, 0.1) is 23.7 Å². The molecule has 5 unspecified atom stereocenters. The first-order valence-electron chi connectivity index (χ1n) is 31.4. The van der Waals surface area contributed by atoms with Crippen molar-refractivity contribution in [3.05, 3.63) is 134 Å². The molecular formula is C70H84N8O16. The third kappa shape index (κ3) is 16.0. The number of esters is 3. The summed E-state index contributed by atoms with van der Waals surface area (Å²) in [6, 6.07) is 10.7. The Bertz CT molecular complexity index is 3580. The Morgan fingerprint density at radius 3 is 1.03 bits per heavy atom. The van der Waals surface area contributed by atoms with Crippen molar-refractivity contribution < 1.29 is 76.8 Å². The standard InChI is InChI=1S/C70H84N8O16/c1-13-55(79)71-25-29-91-67(87)51(33-39(5)6)75-47-23-19-17-21-43(47)59(63(75)83)61-45-37-50-46(38-49(45)77(65(61)85)53(35-41(9)10)69(89)93-31-27-73-57(81)15-3)62(66(86)78(50)54(36-42(11)12)70(90)94-32-28-74-58(82)16-4)60-44-22-18-20-24-48(44)76(64(60)84)52(34-40(7)8)68(88)92-30-26-72-56(80)14-2/h13-24,37-42,51-54,67,87H,1-4,25-36H2,5-12H3,(H,71,79)(H,72,80)(H,73,81)(H,74,82)/b61-59+,62-60+. The molecule has 0 saturated carbocycles. The van der Waals surface area contributed by atoms with E-state index in [0.717, 1.165) is 24.3 Å². The lowest BCUT2D eigenvalue weighted by molar-refractivity contribution is -0.147. The summed E-state index contributed by atoms with van der Waals surface area (Å²) in [6.07, 6.45) is 2.73. The van der Waals surface area contributed by atoms with Gasteiger partial charge in [-0.3, -0.25) is 58.0 Å².